The average Bonchev–Trinajstić information content (AvgIpc) is 3.23. The summed E-state index contributed by atoms with van der Waals surface area (Å²) in [4.78, 5) is 26.0. The van der Waals surface area contributed by atoms with Crippen LogP contribution in [0.2, 0.25) is 0 Å². The lowest BCUT2D eigenvalue weighted by atomic mass is 10.1. The number of carbonyl (C=O) groups is 1. The Bertz CT molecular complexity index is 1370. The van der Waals surface area contributed by atoms with E-state index in [-0.39, 0.29) is 17.8 Å². The molecule has 1 aromatic heterocycles. The molecule has 0 radical (unpaired) electrons. The van der Waals surface area contributed by atoms with E-state index in [1.807, 2.05) is 48.5 Å². The molecule has 0 unspecified atom stereocenters. The lowest BCUT2D eigenvalue weighted by molar-refractivity contribution is 0.0949. The number of nitrogens with zero attached hydrogens (tertiary/aromatic N) is 3. The van der Waals surface area contributed by atoms with E-state index in [1.165, 1.54) is 10.2 Å². The number of carbonyl (C=O) groups excluding carboxylic acids is 1. The molecule has 0 bridgehead atoms. The summed E-state index contributed by atoms with van der Waals surface area (Å²) in [7, 11) is 0. The third kappa shape index (κ3) is 3.64. The van der Waals surface area contributed by atoms with Gasteiger partial charge in [-0.2, -0.15) is 10.2 Å². The van der Waals surface area contributed by atoms with Gasteiger partial charge in [0.1, 0.15) is 0 Å². The van der Waals surface area contributed by atoms with Crippen molar-refractivity contribution in [2.45, 2.75) is 19.4 Å². The highest BCUT2D eigenvalue weighted by Crippen LogP contribution is 2.22. The molecule has 0 atom stereocenters. The molecule has 0 saturated carbocycles. The zero-order chi connectivity index (χ0) is 21.2. The molecule has 6 nitrogen and oxygen atoms in total. The summed E-state index contributed by atoms with van der Waals surface area (Å²) in [6.45, 7) is 0.284. The monoisotopic (exact) mass is 408 g/mol. The summed E-state index contributed by atoms with van der Waals surface area (Å²) in [6, 6.07) is 24.7. The van der Waals surface area contributed by atoms with Crippen LogP contribution in [0.4, 0.5) is 0 Å². The standard InChI is InChI=1S/C25H20N4O2/c30-24(27-26-22-15-14-18-10-4-5-11-19(18)22)23-20-12-6-7-13-21(20)25(31)29(28-23)16-17-8-2-1-3-9-17/h1-13H,14-16H2,(H,27,30)/b26-22-. The van der Waals surface area contributed by atoms with E-state index >= 15 is 0 Å². The van der Waals surface area contributed by atoms with Crippen LogP contribution in [0.3, 0.4) is 0 Å². The molecule has 0 spiro atoms. The topological polar surface area (TPSA) is 76.3 Å². The predicted octanol–water partition coefficient (Wildman–Crippen LogP) is 3.53. The van der Waals surface area contributed by atoms with E-state index in [0.717, 1.165) is 29.7 Å². The van der Waals surface area contributed by atoms with Crippen molar-refractivity contribution in [1.29, 1.82) is 0 Å². The molecular formula is C25H20N4O2. The summed E-state index contributed by atoms with van der Waals surface area (Å²) < 4.78 is 1.34. The Balaban J connectivity index is 1.51. The van der Waals surface area contributed by atoms with Crippen molar-refractivity contribution >= 4 is 22.4 Å². The van der Waals surface area contributed by atoms with Gasteiger partial charge in [-0.3, -0.25) is 9.59 Å². The van der Waals surface area contributed by atoms with E-state index < -0.39 is 5.91 Å². The zero-order valence-electron chi connectivity index (χ0n) is 16.8. The van der Waals surface area contributed by atoms with Crippen molar-refractivity contribution < 1.29 is 4.79 Å². The van der Waals surface area contributed by atoms with Gasteiger partial charge in [-0.1, -0.05) is 72.8 Å². The molecule has 1 N–H and O–H groups in total. The van der Waals surface area contributed by atoms with Crippen molar-refractivity contribution in [3.05, 3.63) is 112 Å². The van der Waals surface area contributed by atoms with Crippen LogP contribution in [-0.2, 0) is 13.0 Å². The SMILES string of the molecule is O=C(N/N=C1/CCc2ccccc21)c1nn(Cc2ccccc2)c(=O)c2ccccc12. The molecule has 0 fully saturated rings. The number of hydrazone groups is 1. The van der Waals surface area contributed by atoms with Gasteiger partial charge in [-0.05, 0) is 30.0 Å². The highest BCUT2D eigenvalue weighted by Gasteiger charge is 2.19. The van der Waals surface area contributed by atoms with Gasteiger partial charge >= 0.3 is 0 Å². The van der Waals surface area contributed by atoms with Crippen molar-refractivity contribution in [3.8, 4) is 0 Å². The van der Waals surface area contributed by atoms with Crippen molar-refractivity contribution in [3.63, 3.8) is 0 Å². The molecule has 0 saturated heterocycles. The molecule has 1 aliphatic carbocycles. The smallest absolute Gasteiger partial charge is 0.267 e. The second-order valence-electron chi connectivity index (χ2n) is 7.50. The molecule has 6 heteroatoms. The van der Waals surface area contributed by atoms with Crippen LogP contribution in [0, 0.1) is 0 Å². The fraction of sp³-hybridized carbons (Fsp3) is 0.120. The minimum atomic E-state index is -0.435. The van der Waals surface area contributed by atoms with Crippen LogP contribution >= 0.6 is 0 Å². The normalized spacial score (nSPS) is 14.0. The molecule has 1 heterocycles. The molecule has 4 aromatic rings. The van der Waals surface area contributed by atoms with Gasteiger partial charge < -0.3 is 0 Å². The number of hydrogen-bond acceptors (Lipinski definition) is 4. The third-order valence-electron chi connectivity index (χ3n) is 5.51. The summed E-state index contributed by atoms with van der Waals surface area (Å²) in [5, 5.41) is 9.75. The summed E-state index contributed by atoms with van der Waals surface area (Å²) in [6.07, 6.45) is 1.69. The maximum Gasteiger partial charge on any atom is 0.292 e. The Morgan fingerprint density at radius 1 is 0.903 bits per heavy atom. The van der Waals surface area contributed by atoms with E-state index in [2.05, 4.69) is 21.7 Å². The van der Waals surface area contributed by atoms with Crippen LogP contribution in [-0.4, -0.2) is 21.4 Å². The second-order valence-corrected chi connectivity index (χ2v) is 7.50. The number of hydrogen-bond donors (Lipinski definition) is 1. The fourth-order valence-electron chi connectivity index (χ4n) is 3.96. The average molecular weight is 408 g/mol. The van der Waals surface area contributed by atoms with Gasteiger partial charge in [0.05, 0.1) is 17.6 Å². The highest BCUT2D eigenvalue weighted by atomic mass is 16.2. The first-order valence-corrected chi connectivity index (χ1v) is 10.2. The molecule has 31 heavy (non-hydrogen) atoms. The molecule has 152 valence electrons. The Morgan fingerprint density at radius 2 is 1.61 bits per heavy atom. The minimum Gasteiger partial charge on any atom is -0.267 e. The molecule has 1 amide bonds. The van der Waals surface area contributed by atoms with Crippen molar-refractivity contribution in [2.24, 2.45) is 5.10 Å². The number of benzene rings is 3. The minimum absolute atomic E-state index is 0.182. The van der Waals surface area contributed by atoms with E-state index in [1.54, 1.807) is 24.3 Å². The summed E-state index contributed by atoms with van der Waals surface area (Å²) in [5.41, 5.74) is 6.69. The van der Waals surface area contributed by atoms with E-state index in [4.69, 9.17) is 0 Å². The first-order valence-electron chi connectivity index (χ1n) is 10.2. The van der Waals surface area contributed by atoms with Crippen LogP contribution in [0.5, 0.6) is 0 Å². The molecule has 1 aliphatic rings. The Hall–Kier alpha value is -4.06. The molecule has 3 aromatic carbocycles. The Morgan fingerprint density at radius 3 is 2.45 bits per heavy atom. The van der Waals surface area contributed by atoms with Gasteiger partial charge in [-0.15, -0.1) is 0 Å². The lowest BCUT2D eigenvalue weighted by Crippen LogP contribution is -2.29. The zero-order valence-corrected chi connectivity index (χ0v) is 16.8. The van der Waals surface area contributed by atoms with Gasteiger partial charge in [0.2, 0.25) is 0 Å². The lowest BCUT2D eigenvalue weighted by Gasteiger charge is -2.10. The first-order chi connectivity index (χ1) is 15.2. The quantitative estimate of drug-likeness (QED) is 0.525. The number of rotatable bonds is 4. The number of nitrogens with one attached hydrogen (secondary N) is 1. The summed E-state index contributed by atoms with van der Waals surface area (Å²) >= 11 is 0. The number of amides is 1. The van der Waals surface area contributed by atoms with Crippen LogP contribution < -0.4 is 11.0 Å². The van der Waals surface area contributed by atoms with E-state index in [0.29, 0.717) is 10.8 Å². The van der Waals surface area contributed by atoms with Gasteiger partial charge in [0.25, 0.3) is 11.5 Å². The molecule has 0 aliphatic heterocycles. The van der Waals surface area contributed by atoms with Crippen LogP contribution in [0.1, 0.15) is 33.6 Å². The van der Waals surface area contributed by atoms with E-state index in [9.17, 15) is 9.59 Å². The van der Waals surface area contributed by atoms with Crippen molar-refractivity contribution in [1.82, 2.24) is 15.2 Å². The molecular weight excluding hydrogens is 388 g/mol. The predicted molar refractivity (Wildman–Crippen MR) is 120 cm³/mol. The summed E-state index contributed by atoms with van der Waals surface area (Å²) in [5.74, 6) is -0.435. The fourth-order valence-corrected chi connectivity index (χ4v) is 3.96. The van der Waals surface area contributed by atoms with Crippen LogP contribution in [0.25, 0.3) is 10.8 Å². The van der Waals surface area contributed by atoms with Crippen LogP contribution in [0.15, 0.2) is 88.8 Å². The van der Waals surface area contributed by atoms with Gasteiger partial charge in [0, 0.05) is 10.9 Å². The van der Waals surface area contributed by atoms with Gasteiger partial charge in [-0.25, -0.2) is 10.1 Å². The third-order valence-corrected chi connectivity index (χ3v) is 5.51. The Labute approximate surface area is 178 Å². The molecule has 5 rings (SSSR count). The number of aromatic nitrogens is 2. The number of aryl methyl sites for hydroxylation is 1. The first kappa shape index (κ1) is 18.9. The largest absolute Gasteiger partial charge is 0.292 e. The second kappa shape index (κ2) is 7.99. The Kier molecular flexibility index (Phi) is 4.88. The highest BCUT2D eigenvalue weighted by molar-refractivity contribution is 6.07. The maximum absolute atomic E-state index is 13.0. The maximum atomic E-state index is 13.0. The van der Waals surface area contributed by atoms with Gasteiger partial charge in [0.15, 0.2) is 5.69 Å². The van der Waals surface area contributed by atoms with Crippen molar-refractivity contribution in [2.75, 3.05) is 0 Å². The number of fused-ring (bicyclic) bond motifs is 2.